The molecule has 2 aromatic heterocycles. The Hall–Kier alpha value is -1.70. The van der Waals surface area contributed by atoms with Gasteiger partial charge in [-0.1, -0.05) is 51.9 Å². The van der Waals surface area contributed by atoms with Crippen molar-refractivity contribution in [2.45, 2.75) is 89.6 Å². The lowest BCUT2D eigenvalue weighted by molar-refractivity contribution is -0.0457. The molecule has 7 heteroatoms. The number of unbranched alkanes of at least 4 members (excludes halogenated alkanes) is 7. The maximum atomic E-state index is 12.5. The van der Waals surface area contributed by atoms with Gasteiger partial charge in [-0.15, -0.1) is 0 Å². The highest BCUT2D eigenvalue weighted by atomic mass is 16.5. The van der Waals surface area contributed by atoms with Gasteiger partial charge < -0.3 is 19.5 Å². The van der Waals surface area contributed by atoms with Gasteiger partial charge in [-0.05, 0) is 18.9 Å². The zero-order chi connectivity index (χ0) is 20.8. The van der Waals surface area contributed by atoms with Gasteiger partial charge >= 0.3 is 5.69 Å². The van der Waals surface area contributed by atoms with Crippen molar-refractivity contribution in [2.75, 3.05) is 6.61 Å². The van der Waals surface area contributed by atoms with Crippen LogP contribution in [0, 0.1) is 0 Å². The van der Waals surface area contributed by atoms with Crippen LogP contribution in [0.15, 0.2) is 17.1 Å². The van der Waals surface area contributed by atoms with E-state index in [0.717, 1.165) is 18.2 Å². The second-order valence-electron chi connectivity index (χ2n) is 8.24. The average molecular weight is 406 g/mol. The minimum Gasteiger partial charge on any atom is -0.394 e. The summed E-state index contributed by atoms with van der Waals surface area (Å²) < 4.78 is 9.05. The second-order valence-corrected chi connectivity index (χ2v) is 8.24. The first kappa shape index (κ1) is 22.0. The Morgan fingerprint density at radius 3 is 2.52 bits per heavy atom. The molecule has 1 aliphatic heterocycles. The molecule has 0 saturated carbocycles. The van der Waals surface area contributed by atoms with Gasteiger partial charge in [0.2, 0.25) is 0 Å². The smallest absolute Gasteiger partial charge is 0.351 e. The van der Waals surface area contributed by atoms with Crippen LogP contribution >= 0.6 is 0 Å². The number of ether oxygens (including phenoxy) is 1. The van der Waals surface area contributed by atoms with Crippen LogP contribution < -0.4 is 5.69 Å². The van der Waals surface area contributed by atoms with Crippen LogP contribution in [0.1, 0.15) is 76.6 Å². The van der Waals surface area contributed by atoms with E-state index in [1.165, 1.54) is 55.2 Å². The number of rotatable bonds is 11. The first-order valence-corrected chi connectivity index (χ1v) is 11.1. The van der Waals surface area contributed by atoms with Crippen LogP contribution in [0.3, 0.4) is 0 Å². The quantitative estimate of drug-likeness (QED) is 0.561. The lowest BCUT2D eigenvalue weighted by Crippen LogP contribution is -2.27. The van der Waals surface area contributed by atoms with Crippen LogP contribution in [0.25, 0.3) is 11.0 Å². The van der Waals surface area contributed by atoms with E-state index in [-0.39, 0.29) is 13.0 Å². The van der Waals surface area contributed by atoms with Gasteiger partial charge in [0.15, 0.2) is 0 Å². The molecule has 3 rings (SSSR count). The molecule has 1 aliphatic rings. The molecular formula is C22H35N3O4. The summed E-state index contributed by atoms with van der Waals surface area (Å²) in [4.78, 5) is 16.8. The third-order valence-electron chi connectivity index (χ3n) is 6.01. The highest BCUT2D eigenvalue weighted by Crippen LogP contribution is 2.28. The van der Waals surface area contributed by atoms with Gasteiger partial charge in [0.25, 0.3) is 0 Å². The van der Waals surface area contributed by atoms with Crippen LogP contribution in [0.4, 0.5) is 0 Å². The molecule has 0 radical (unpaired) electrons. The number of fused-ring (bicyclic) bond motifs is 1. The molecule has 3 heterocycles. The summed E-state index contributed by atoms with van der Waals surface area (Å²) >= 11 is 0. The van der Waals surface area contributed by atoms with Crippen LogP contribution in [-0.2, 0) is 18.2 Å². The third-order valence-corrected chi connectivity index (χ3v) is 6.01. The van der Waals surface area contributed by atoms with Crippen molar-refractivity contribution in [3.63, 3.8) is 0 Å². The zero-order valence-corrected chi connectivity index (χ0v) is 17.7. The fraction of sp³-hybridized carbons (Fsp3) is 0.727. The SMILES string of the molecule is CCCCCCCCCCc1cc2cn([C@H]3C[C@H](O)[C@@H](CO)O3)c(=O)nc2n1C. The van der Waals surface area contributed by atoms with E-state index in [9.17, 15) is 15.0 Å². The third kappa shape index (κ3) is 5.27. The molecule has 0 aliphatic carbocycles. The van der Waals surface area contributed by atoms with Gasteiger partial charge in [0, 0.05) is 30.7 Å². The molecule has 29 heavy (non-hydrogen) atoms. The number of hydrogen-bond donors (Lipinski definition) is 2. The fourth-order valence-corrected chi connectivity index (χ4v) is 4.19. The molecule has 0 aromatic carbocycles. The number of hydrogen-bond acceptors (Lipinski definition) is 5. The van der Waals surface area contributed by atoms with E-state index in [1.807, 2.05) is 11.6 Å². The van der Waals surface area contributed by atoms with Crippen molar-refractivity contribution in [3.8, 4) is 0 Å². The summed E-state index contributed by atoms with van der Waals surface area (Å²) in [6.45, 7) is 1.97. The Balaban J connectivity index is 1.61. The van der Waals surface area contributed by atoms with E-state index in [0.29, 0.717) is 5.65 Å². The van der Waals surface area contributed by atoms with E-state index >= 15 is 0 Å². The van der Waals surface area contributed by atoms with E-state index in [1.54, 1.807) is 6.20 Å². The number of nitrogens with zero attached hydrogens (tertiary/aromatic N) is 3. The summed E-state index contributed by atoms with van der Waals surface area (Å²) in [5.74, 6) is 0. The number of aromatic nitrogens is 3. The van der Waals surface area contributed by atoms with Gasteiger partial charge in [-0.25, -0.2) is 4.79 Å². The maximum Gasteiger partial charge on any atom is 0.351 e. The topological polar surface area (TPSA) is 89.5 Å². The molecule has 1 saturated heterocycles. The predicted octanol–water partition coefficient (Wildman–Crippen LogP) is 3.06. The van der Waals surface area contributed by atoms with Crippen molar-refractivity contribution < 1.29 is 14.9 Å². The molecule has 0 unspecified atom stereocenters. The Kier molecular flexibility index (Phi) is 7.86. The van der Waals surface area contributed by atoms with Crippen molar-refractivity contribution in [2.24, 2.45) is 7.05 Å². The number of aryl methyl sites for hydroxylation is 2. The monoisotopic (exact) mass is 405 g/mol. The molecule has 0 spiro atoms. The van der Waals surface area contributed by atoms with Crippen molar-refractivity contribution in [1.82, 2.24) is 14.1 Å². The summed E-state index contributed by atoms with van der Waals surface area (Å²) in [6.07, 6.45) is 11.3. The Labute approximate surface area is 172 Å². The van der Waals surface area contributed by atoms with Crippen LogP contribution in [-0.4, -0.2) is 43.1 Å². The molecule has 2 aromatic rings. The molecule has 7 nitrogen and oxygen atoms in total. The van der Waals surface area contributed by atoms with Gasteiger partial charge in [0.05, 0.1) is 12.7 Å². The largest absolute Gasteiger partial charge is 0.394 e. The molecule has 0 bridgehead atoms. The van der Waals surface area contributed by atoms with Gasteiger partial charge in [0.1, 0.15) is 18.0 Å². The van der Waals surface area contributed by atoms with Crippen LogP contribution in [0.2, 0.25) is 0 Å². The second kappa shape index (κ2) is 10.4. The minimum absolute atomic E-state index is 0.268. The summed E-state index contributed by atoms with van der Waals surface area (Å²) in [7, 11) is 1.96. The average Bonchev–Trinajstić information content (AvgIpc) is 3.23. The Morgan fingerprint density at radius 2 is 1.86 bits per heavy atom. The highest BCUT2D eigenvalue weighted by Gasteiger charge is 2.35. The number of aliphatic hydroxyl groups is 2. The Morgan fingerprint density at radius 1 is 1.17 bits per heavy atom. The predicted molar refractivity (Wildman–Crippen MR) is 113 cm³/mol. The summed E-state index contributed by atoms with van der Waals surface area (Å²) in [5, 5.41) is 20.1. The van der Waals surface area contributed by atoms with Gasteiger partial charge in [-0.2, -0.15) is 4.98 Å². The number of aliphatic hydroxyl groups excluding tert-OH is 2. The summed E-state index contributed by atoms with van der Waals surface area (Å²) in [5.41, 5.74) is 1.46. The van der Waals surface area contributed by atoms with Crippen molar-refractivity contribution in [1.29, 1.82) is 0 Å². The summed E-state index contributed by atoms with van der Waals surface area (Å²) in [6, 6.07) is 2.09. The maximum absolute atomic E-state index is 12.5. The minimum atomic E-state index is -0.777. The first-order chi connectivity index (χ1) is 14.0. The van der Waals surface area contributed by atoms with E-state index in [2.05, 4.69) is 18.0 Å². The Bertz CT molecular complexity index is 844. The lowest BCUT2D eigenvalue weighted by atomic mass is 10.1. The lowest BCUT2D eigenvalue weighted by Gasteiger charge is -2.14. The van der Waals surface area contributed by atoms with E-state index in [4.69, 9.17) is 4.74 Å². The molecule has 0 amide bonds. The molecule has 3 atom stereocenters. The molecule has 1 fully saturated rings. The van der Waals surface area contributed by atoms with Crippen molar-refractivity contribution >= 4 is 11.0 Å². The standard InChI is InChI=1S/C22H35N3O4/c1-3-4-5-6-7-8-9-10-11-17-12-16-14-25(22(28)23-21(16)24(17)2)20-13-18(27)19(15-26)29-20/h12,14,18-20,26-27H,3-11,13,15H2,1-2H3/t18-,19+,20+/m0/s1. The molecule has 2 N–H and O–H groups in total. The van der Waals surface area contributed by atoms with E-state index < -0.39 is 24.1 Å². The van der Waals surface area contributed by atoms with Crippen molar-refractivity contribution in [3.05, 3.63) is 28.4 Å². The first-order valence-electron chi connectivity index (χ1n) is 11.1. The highest BCUT2D eigenvalue weighted by molar-refractivity contribution is 5.76. The molecule has 162 valence electrons. The molecular weight excluding hydrogens is 370 g/mol. The normalized spacial score (nSPS) is 22.0. The van der Waals surface area contributed by atoms with Gasteiger partial charge in [-0.3, -0.25) is 4.57 Å². The zero-order valence-electron chi connectivity index (χ0n) is 17.7. The fourth-order valence-electron chi connectivity index (χ4n) is 4.19. The van der Waals surface area contributed by atoms with Crippen LogP contribution in [0.5, 0.6) is 0 Å².